The zero-order chi connectivity index (χ0) is 13.7. The third kappa shape index (κ3) is 4.01. The van der Waals surface area contributed by atoms with Crippen LogP contribution in [0, 0.1) is 0 Å². The number of rotatable bonds is 5. The molecule has 0 aliphatic rings. The molecule has 1 aromatic heterocycles. The highest BCUT2D eigenvalue weighted by Crippen LogP contribution is 2.22. The summed E-state index contributed by atoms with van der Waals surface area (Å²) in [5.41, 5.74) is 0.607. The highest BCUT2D eigenvalue weighted by Gasteiger charge is 2.05. The van der Waals surface area contributed by atoms with Crippen molar-refractivity contribution in [1.82, 2.24) is 4.98 Å². The molecular weight excluding hydrogens is 285 g/mol. The minimum absolute atomic E-state index is 0.259. The maximum Gasteiger partial charge on any atom is 0.132 e. The molecule has 100 valence electrons. The number of nitrogens with zero attached hydrogens (tertiary/aromatic N) is 1. The summed E-state index contributed by atoms with van der Waals surface area (Å²) >= 11 is 11.8. The monoisotopic (exact) mass is 297 g/mol. The van der Waals surface area contributed by atoms with E-state index in [-0.39, 0.29) is 6.61 Å². The van der Waals surface area contributed by atoms with E-state index in [0.717, 1.165) is 5.75 Å². The molecule has 0 saturated heterocycles. The van der Waals surface area contributed by atoms with Crippen LogP contribution in [0.25, 0.3) is 0 Å². The molecule has 0 unspecified atom stereocenters. The van der Waals surface area contributed by atoms with Crippen LogP contribution in [0.5, 0.6) is 11.5 Å². The van der Waals surface area contributed by atoms with Gasteiger partial charge in [-0.2, -0.15) is 0 Å². The molecule has 0 atom stereocenters. The summed E-state index contributed by atoms with van der Waals surface area (Å²) in [6.07, 6.45) is 0. The average Bonchev–Trinajstić information content (AvgIpc) is 2.41. The van der Waals surface area contributed by atoms with Crippen molar-refractivity contribution in [2.24, 2.45) is 0 Å². The molecule has 5 heteroatoms. The van der Waals surface area contributed by atoms with Gasteiger partial charge in [-0.05, 0) is 31.2 Å². The predicted octanol–water partition coefficient (Wildman–Crippen LogP) is 4.37. The van der Waals surface area contributed by atoms with Gasteiger partial charge in [-0.3, -0.25) is 0 Å². The van der Waals surface area contributed by atoms with Crippen LogP contribution in [0.3, 0.4) is 0 Å². The second-order valence-electron chi connectivity index (χ2n) is 3.76. The lowest BCUT2D eigenvalue weighted by molar-refractivity contribution is 0.295. The van der Waals surface area contributed by atoms with Crippen LogP contribution in [0.15, 0.2) is 36.4 Å². The van der Waals surface area contributed by atoms with Gasteiger partial charge in [0, 0.05) is 6.07 Å². The van der Waals surface area contributed by atoms with E-state index in [9.17, 15) is 0 Å². The minimum Gasteiger partial charge on any atom is -0.494 e. The largest absolute Gasteiger partial charge is 0.494 e. The zero-order valence-electron chi connectivity index (χ0n) is 10.4. The molecular formula is C14H13Cl2NO2. The lowest BCUT2D eigenvalue weighted by atomic mass is 10.3. The number of ether oxygens (including phenoxy) is 2. The van der Waals surface area contributed by atoms with Crippen LogP contribution < -0.4 is 9.47 Å². The first-order valence-corrected chi connectivity index (χ1v) is 6.61. The molecule has 3 nitrogen and oxygen atoms in total. The first kappa shape index (κ1) is 14.0. The molecule has 2 rings (SSSR count). The summed E-state index contributed by atoms with van der Waals surface area (Å²) < 4.78 is 11.0. The normalized spacial score (nSPS) is 10.3. The van der Waals surface area contributed by atoms with Crippen molar-refractivity contribution >= 4 is 23.2 Å². The van der Waals surface area contributed by atoms with Crippen LogP contribution in [0.1, 0.15) is 12.6 Å². The number of halogens is 2. The Morgan fingerprint density at radius 1 is 1.05 bits per heavy atom. The van der Waals surface area contributed by atoms with Gasteiger partial charge in [0.2, 0.25) is 0 Å². The molecule has 0 fully saturated rings. The van der Waals surface area contributed by atoms with Gasteiger partial charge in [0.15, 0.2) is 0 Å². The Labute approximate surface area is 122 Å². The van der Waals surface area contributed by atoms with Crippen molar-refractivity contribution in [2.75, 3.05) is 6.61 Å². The summed E-state index contributed by atoms with van der Waals surface area (Å²) in [5.74, 6) is 1.47. The van der Waals surface area contributed by atoms with Crippen LogP contribution in [-0.4, -0.2) is 11.6 Å². The summed E-state index contributed by atoms with van der Waals surface area (Å²) in [4.78, 5) is 4.12. The summed E-state index contributed by atoms with van der Waals surface area (Å²) in [6, 6.07) is 10.8. The summed E-state index contributed by atoms with van der Waals surface area (Å²) in [5, 5.41) is 0.927. The van der Waals surface area contributed by atoms with E-state index in [1.807, 2.05) is 31.2 Å². The molecule has 0 N–H and O–H groups in total. The van der Waals surface area contributed by atoms with E-state index < -0.39 is 0 Å². The van der Waals surface area contributed by atoms with Crippen LogP contribution in [-0.2, 0) is 6.61 Å². The van der Waals surface area contributed by atoms with E-state index in [1.54, 1.807) is 12.1 Å². The fourth-order valence-corrected chi connectivity index (χ4v) is 1.86. The van der Waals surface area contributed by atoms with Gasteiger partial charge >= 0.3 is 0 Å². The number of hydrogen-bond acceptors (Lipinski definition) is 3. The maximum atomic E-state index is 6.02. The second kappa shape index (κ2) is 6.64. The minimum atomic E-state index is 0.259. The Morgan fingerprint density at radius 2 is 1.79 bits per heavy atom. The average molecular weight is 298 g/mol. The first-order valence-electron chi connectivity index (χ1n) is 5.85. The Bertz CT molecular complexity index is 561. The number of aromatic nitrogens is 1. The van der Waals surface area contributed by atoms with Crippen molar-refractivity contribution in [3.63, 3.8) is 0 Å². The fourth-order valence-electron chi connectivity index (χ4n) is 1.53. The molecule has 0 amide bonds. The Hall–Kier alpha value is -1.45. The van der Waals surface area contributed by atoms with E-state index >= 15 is 0 Å². The smallest absolute Gasteiger partial charge is 0.132 e. The summed E-state index contributed by atoms with van der Waals surface area (Å²) in [7, 11) is 0. The topological polar surface area (TPSA) is 31.4 Å². The van der Waals surface area contributed by atoms with Crippen molar-refractivity contribution in [3.8, 4) is 11.5 Å². The maximum absolute atomic E-state index is 6.02. The van der Waals surface area contributed by atoms with Gasteiger partial charge in [-0.25, -0.2) is 4.98 Å². The van der Waals surface area contributed by atoms with Crippen LogP contribution in [0.2, 0.25) is 10.2 Å². The molecule has 1 aromatic carbocycles. The van der Waals surface area contributed by atoms with Crippen molar-refractivity contribution in [3.05, 3.63) is 52.3 Å². The highest BCUT2D eigenvalue weighted by atomic mass is 35.5. The van der Waals surface area contributed by atoms with Gasteiger partial charge in [0.25, 0.3) is 0 Å². The van der Waals surface area contributed by atoms with Crippen molar-refractivity contribution in [2.45, 2.75) is 13.5 Å². The van der Waals surface area contributed by atoms with Crippen LogP contribution >= 0.6 is 23.2 Å². The van der Waals surface area contributed by atoms with Crippen molar-refractivity contribution < 1.29 is 9.47 Å². The van der Waals surface area contributed by atoms with E-state index in [0.29, 0.717) is 28.2 Å². The van der Waals surface area contributed by atoms with Gasteiger partial charge < -0.3 is 9.47 Å². The molecule has 0 bridgehead atoms. The highest BCUT2D eigenvalue weighted by molar-refractivity contribution is 6.32. The molecule has 2 aromatic rings. The lowest BCUT2D eigenvalue weighted by Gasteiger charge is -2.09. The molecule has 0 spiro atoms. The van der Waals surface area contributed by atoms with Gasteiger partial charge in [0.1, 0.15) is 23.3 Å². The predicted molar refractivity (Wildman–Crippen MR) is 76.2 cm³/mol. The number of pyridine rings is 1. The zero-order valence-corrected chi connectivity index (χ0v) is 11.9. The van der Waals surface area contributed by atoms with E-state index in [1.165, 1.54) is 0 Å². The van der Waals surface area contributed by atoms with Gasteiger partial charge in [0.05, 0.1) is 17.3 Å². The Morgan fingerprint density at radius 3 is 2.53 bits per heavy atom. The molecule has 0 aliphatic carbocycles. The van der Waals surface area contributed by atoms with E-state index in [2.05, 4.69) is 4.98 Å². The Kier molecular flexibility index (Phi) is 4.88. The lowest BCUT2D eigenvalue weighted by Crippen LogP contribution is -2.00. The molecule has 0 saturated carbocycles. The van der Waals surface area contributed by atoms with Gasteiger partial charge in [-0.1, -0.05) is 29.3 Å². The number of benzene rings is 1. The second-order valence-corrected chi connectivity index (χ2v) is 4.55. The van der Waals surface area contributed by atoms with Crippen LogP contribution in [0.4, 0.5) is 0 Å². The molecule has 0 radical (unpaired) electrons. The molecule has 0 aliphatic heterocycles. The summed E-state index contributed by atoms with van der Waals surface area (Å²) in [6.45, 7) is 2.81. The standard InChI is InChI=1S/C14H13Cl2NO2/c1-2-18-10-4-3-5-11(8-10)19-9-13-12(15)6-7-14(16)17-13/h3-8H,2,9H2,1H3. The van der Waals surface area contributed by atoms with E-state index in [4.69, 9.17) is 32.7 Å². The Balaban J connectivity index is 2.05. The molecule has 19 heavy (non-hydrogen) atoms. The quantitative estimate of drug-likeness (QED) is 0.768. The fraction of sp³-hybridized carbons (Fsp3) is 0.214. The SMILES string of the molecule is CCOc1cccc(OCc2nc(Cl)ccc2Cl)c1. The third-order valence-electron chi connectivity index (χ3n) is 2.38. The van der Waals surface area contributed by atoms with Gasteiger partial charge in [-0.15, -0.1) is 0 Å². The first-order chi connectivity index (χ1) is 9.19. The molecule has 1 heterocycles. The third-order valence-corrected chi connectivity index (χ3v) is 2.93. The van der Waals surface area contributed by atoms with Crippen molar-refractivity contribution in [1.29, 1.82) is 0 Å². The number of hydrogen-bond donors (Lipinski definition) is 0.